The topological polar surface area (TPSA) is 67.8 Å². The summed E-state index contributed by atoms with van der Waals surface area (Å²) in [6, 6.07) is 0. The van der Waals surface area contributed by atoms with Crippen LogP contribution >= 0.6 is 0 Å². The first-order chi connectivity index (χ1) is 9.82. The maximum Gasteiger partial charge on any atom is 0.308 e. The van der Waals surface area contributed by atoms with Gasteiger partial charge in [-0.1, -0.05) is 0 Å². The van der Waals surface area contributed by atoms with Gasteiger partial charge in [0.05, 0.1) is 23.7 Å². The third-order valence-corrected chi connectivity index (χ3v) is 4.08. The van der Waals surface area contributed by atoms with Gasteiger partial charge in [-0.3, -0.25) is 4.79 Å². The summed E-state index contributed by atoms with van der Waals surface area (Å²) in [6.45, 7) is 10.2. The Hall–Kier alpha value is -0.650. The highest BCUT2D eigenvalue weighted by molar-refractivity contribution is 5.72. The highest BCUT2D eigenvalue weighted by atomic mass is 16.5. The largest absolute Gasteiger partial charge is 0.466 e. The van der Waals surface area contributed by atoms with E-state index in [2.05, 4.69) is 5.32 Å². The first kappa shape index (κ1) is 18.4. The average molecular weight is 301 g/mol. The summed E-state index contributed by atoms with van der Waals surface area (Å²) in [5.41, 5.74) is -0.946. The summed E-state index contributed by atoms with van der Waals surface area (Å²) in [7, 11) is 0. The van der Waals surface area contributed by atoms with Crippen molar-refractivity contribution >= 4 is 5.97 Å². The lowest BCUT2D eigenvalue weighted by atomic mass is 9.78. The Balaban J connectivity index is 2.32. The number of nitrogens with one attached hydrogen (secondary N) is 1. The number of esters is 1. The molecule has 0 aromatic carbocycles. The Morgan fingerprint density at radius 2 is 1.90 bits per heavy atom. The molecule has 0 amide bonds. The Kier molecular flexibility index (Phi) is 7.10. The van der Waals surface area contributed by atoms with Crippen molar-refractivity contribution in [3.05, 3.63) is 0 Å². The molecule has 0 radical (unpaired) electrons. The first-order valence-electron chi connectivity index (χ1n) is 8.05. The van der Waals surface area contributed by atoms with Gasteiger partial charge in [0.2, 0.25) is 0 Å². The van der Waals surface area contributed by atoms with Gasteiger partial charge in [-0.25, -0.2) is 0 Å². The number of carbonyl (C=O) groups is 1. The molecule has 0 saturated heterocycles. The minimum Gasteiger partial charge on any atom is -0.466 e. The van der Waals surface area contributed by atoms with Gasteiger partial charge in [-0.2, -0.15) is 0 Å². The van der Waals surface area contributed by atoms with Crippen LogP contribution in [0.25, 0.3) is 0 Å². The second-order valence-corrected chi connectivity index (χ2v) is 6.55. The molecule has 0 unspecified atom stereocenters. The molecule has 0 bridgehead atoms. The number of aliphatic hydroxyl groups is 1. The van der Waals surface area contributed by atoms with E-state index in [1.807, 2.05) is 27.7 Å². The third-order valence-electron chi connectivity index (χ3n) is 4.08. The molecule has 0 atom stereocenters. The predicted molar refractivity (Wildman–Crippen MR) is 82.1 cm³/mol. The van der Waals surface area contributed by atoms with Crippen LogP contribution in [0.4, 0.5) is 0 Å². The van der Waals surface area contributed by atoms with Crippen LogP contribution in [0.3, 0.4) is 0 Å². The van der Waals surface area contributed by atoms with Crippen LogP contribution in [0, 0.1) is 5.92 Å². The Morgan fingerprint density at radius 3 is 2.43 bits per heavy atom. The molecule has 1 rings (SSSR count). The SMILES string of the molecule is CCOC(=O)C1CCC(O)(CNCC(C)(C)OCC)CC1. The quantitative estimate of drug-likeness (QED) is 0.670. The molecule has 5 nitrogen and oxygen atoms in total. The normalized spacial score (nSPS) is 26.6. The van der Waals surface area contributed by atoms with Crippen molar-refractivity contribution in [2.24, 2.45) is 5.92 Å². The van der Waals surface area contributed by atoms with E-state index in [1.54, 1.807) is 0 Å². The van der Waals surface area contributed by atoms with Crippen LogP contribution in [-0.2, 0) is 14.3 Å². The van der Waals surface area contributed by atoms with Crippen molar-refractivity contribution in [3.8, 4) is 0 Å². The maximum absolute atomic E-state index is 11.7. The molecule has 0 aromatic rings. The molecule has 21 heavy (non-hydrogen) atoms. The van der Waals surface area contributed by atoms with E-state index < -0.39 is 5.60 Å². The predicted octanol–water partition coefficient (Wildman–Crippen LogP) is 1.88. The van der Waals surface area contributed by atoms with Crippen LogP contribution in [0.15, 0.2) is 0 Å². The van der Waals surface area contributed by atoms with Crippen LogP contribution in [-0.4, -0.2) is 48.6 Å². The van der Waals surface area contributed by atoms with Gasteiger partial charge < -0.3 is 19.9 Å². The fraction of sp³-hybridized carbons (Fsp3) is 0.938. The fourth-order valence-electron chi connectivity index (χ4n) is 2.87. The minimum absolute atomic E-state index is 0.0508. The molecule has 1 aliphatic carbocycles. The third kappa shape index (κ3) is 6.32. The summed E-state index contributed by atoms with van der Waals surface area (Å²) >= 11 is 0. The molecule has 1 aliphatic rings. The van der Waals surface area contributed by atoms with Crippen molar-refractivity contribution in [2.45, 2.75) is 64.6 Å². The van der Waals surface area contributed by atoms with Gasteiger partial charge in [0.25, 0.3) is 0 Å². The molecule has 0 spiro atoms. The van der Waals surface area contributed by atoms with Crippen molar-refractivity contribution in [2.75, 3.05) is 26.3 Å². The maximum atomic E-state index is 11.7. The Morgan fingerprint density at radius 1 is 1.29 bits per heavy atom. The smallest absolute Gasteiger partial charge is 0.308 e. The van der Waals surface area contributed by atoms with Gasteiger partial charge in [0.1, 0.15) is 0 Å². The fourth-order valence-corrected chi connectivity index (χ4v) is 2.87. The van der Waals surface area contributed by atoms with Crippen LogP contribution in [0.2, 0.25) is 0 Å². The molecular weight excluding hydrogens is 270 g/mol. The standard InChI is InChI=1S/C16H31NO4/c1-5-20-14(18)13-7-9-16(19,10-8-13)12-17-11-15(3,4)21-6-2/h13,17,19H,5-12H2,1-4H3. The van der Waals surface area contributed by atoms with E-state index in [-0.39, 0.29) is 17.5 Å². The lowest BCUT2D eigenvalue weighted by Gasteiger charge is -2.36. The van der Waals surface area contributed by atoms with E-state index in [0.29, 0.717) is 52.0 Å². The number of rotatable bonds is 8. The summed E-state index contributed by atoms with van der Waals surface area (Å²) in [6.07, 6.45) is 2.68. The van der Waals surface area contributed by atoms with Gasteiger partial charge in [-0.05, 0) is 53.4 Å². The van der Waals surface area contributed by atoms with Gasteiger partial charge in [0, 0.05) is 19.7 Å². The second kappa shape index (κ2) is 8.11. The molecular formula is C16H31NO4. The summed E-state index contributed by atoms with van der Waals surface area (Å²) in [5, 5.41) is 13.9. The zero-order valence-corrected chi connectivity index (χ0v) is 13.9. The molecule has 1 saturated carbocycles. The summed E-state index contributed by atoms with van der Waals surface area (Å²) in [5.74, 6) is -0.171. The van der Waals surface area contributed by atoms with Gasteiger partial charge in [0.15, 0.2) is 0 Å². The van der Waals surface area contributed by atoms with Crippen molar-refractivity contribution in [1.29, 1.82) is 0 Å². The summed E-state index contributed by atoms with van der Waals surface area (Å²) < 4.78 is 10.7. The zero-order chi connectivity index (χ0) is 15.9. The highest BCUT2D eigenvalue weighted by Gasteiger charge is 2.36. The van der Waals surface area contributed by atoms with E-state index in [1.165, 1.54) is 0 Å². The Labute approximate surface area is 128 Å². The zero-order valence-electron chi connectivity index (χ0n) is 13.9. The van der Waals surface area contributed by atoms with E-state index in [4.69, 9.17) is 9.47 Å². The molecule has 0 heterocycles. The molecule has 5 heteroatoms. The van der Waals surface area contributed by atoms with Crippen molar-refractivity contribution in [1.82, 2.24) is 5.32 Å². The molecule has 124 valence electrons. The minimum atomic E-state index is -0.717. The van der Waals surface area contributed by atoms with Crippen LogP contribution in [0.1, 0.15) is 53.4 Å². The second-order valence-electron chi connectivity index (χ2n) is 6.55. The van der Waals surface area contributed by atoms with Gasteiger partial charge in [-0.15, -0.1) is 0 Å². The summed E-state index contributed by atoms with van der Waals surface area (Å²) in [4.78, 5) is 11.7. The van der Waals surface area contributed by atoms with E-state index >= 15 is 0 Å². The molecule has 1 fully saturated rings. The lowest BCUT2D eigenvalue weighted by Crippen LogP contribution is -2.48. The number of ether oxygens (including phenoxy) is 2. The number of hydrogen-bond donors (Lipinski definition) is 2. The molecule has 0 aromatic heterocycles. The first-order valence-corrected chi connectivity index (χ1v) is 8.05. The van der Waals surface area contributed by atoms with Gasteiger partial charge >= 0.3 is 5.97 Å². The molecule has 2 N–H and O–H groups in total. The van der Waals surface area contributed by atoms with Crippen molar-refractivity contribution in [3.63, 3.8) is 0 Å². The Bertz CT molecular complexity index is 322. The number of hydrogen-bond acceptors (Lipinski definition) is 5. The average Bonchev–Trinajstić information content (AvgIpc) is 2.39. The lowest BCUT2D eigenvalue weighted by molar-refractivity contribution is -0.151. The van der Waals surface area contributed by atoms with Crippen LogP contribution in [0.5, 0.6) is 0 Å². The highest BCUT2D eigenvalue weighted by Crippen LogP contribution is 2.32. The van der Waals surface area contributed by atoms with Crippen molar-refractivity contribution < 1.29 is 19.4 Å². The van der Waals surface area contributed by atoms with Crippen LogP contribution < -0.4 is 5.32 Å². The molecule has 0 aliphatic heterocycles. The number of carbonyl (C=O) groups excluding carboxylic acids is 1. The van der Waals surface area contributed by atoms with E-state index in [0.717, 1.165) is 0 Å². The van der Waals surface area contributed by atoms with E-state index in [9.17, 15) is 9.90 Å². The monoisotopic (exact) mass is 301 g/mol.